The summed E-state index contributed by atoms with van der Waals surface area (Å²) in [5.74, 6) is -0.880. The minimum Gasteiger partial charge on any atom is -0.457 e. The topological polar surface area (TPSA) is 46.6 Å². The zero-order chi connectivity index (χ0) is 18.4. The van der Waals surface area contributed by atoms with E-state index in [1.807, 2.05) is 12.1 Å². The summed E-state index contributed by atoms with van der Waals surface area (Å²) in [6.45, 7) is 7.38. The van der Waals surface area contributed by atoms with Crippen molar-refractivity contribution in [2.45, 2.75) is 12.3 Å². The largest absolute Gasteiger partial charge is 0.457 e. The maximum atomic E-state index is 12.6. The molecule has 0 bridgehead atoms. The van der Waals surface area contributed by atoms with Crippen LogP contribution in [0.25, 0.3) is 0 Å². The predicted octanol–water partition coefficient (Wildman–Crippen LogP) is 4.01. The highest BCUT2D eigenvalue weighted by molar-refractivity contribution is 6.30. The molecule has 0 saturated carbocycles. The van der Waals surface area contributed by atoms with Gasteiger partial charge in [-0.2, -0.15) is 0 Å². The molecular weight excluding hydrogens is 338 g/mol. The third kappa shape index (κ3) is 4.70. The van der Waals surface area contributed by atoms with Crippen LogP contribution in [0.3, 0.4) is 0 Å². The minimum absolute atomic E-state index is 0.0603. The monoisotopic (exact) mass is 357 g/mol. The van der Waals surface area contributed by atoms with Gasteiger partial charge in [0.1, 0.15) is 6.61 Å². The van der Waals surface area contributed by atoms with E-state index in [1.165, 1.54) is 11.1 Å². The Kier molecular flexibility index (Phi) is 6.37. The van der Waals surface area contributed by atoms with Crippen LogP contribution in [-0.2, 0) is 14.3 Å². The van der Waals surface area contributed by atoms with Gasteiger partial charge in [0.05, 0.1) is 5.57 Å². The highest BCUT2D eigenvalue weighted by Crippen LogP contribution is 2.33. The van der Waals surface area contributed by atoms with E-state index in [2.05, 4.69) is 13.2 Å². The highest BCUT2D eigenvalue weighted by Gasteiger charge is 2.32. The Morgan fingerprint density at radius 3 is 2.64 bits per heavy atom. The number of rotatable bonds is 6. The maximum Gasteiger partial charge on any atom is 0.336 e. The number of ether oxygens (including phenoxy) is 1. The average Bonchev–Trinajstić information content (AvgIpc) is 2.61. The van der Waals surface area contributed by atoms with Gasteiger partial charge in [0.15, 0.2) is 0 Å². The van der Waals surface area contributed by atoms with E-state index in [0.29, 0.717) is 10.6 Å². The van der Waals surface area contributed by atoms with Crippen molar-refractivity contribution in [1.82, 2.24) is 4.90 Å². The molecule has 1 amide bonds. The molecule has 0 fully saturated rings. The van der Waals surface area contributed by atoms with Crippen molar-refractivity contribution in [3.8, 4) is 0 Å². The molecule has 0 saturated heterocycles. The van der Waals surface area contributed by atoms with Crippen LogP contribution in [0.1, 0.15) is 17.9 Å². The van der Waals surface area contributed by atoms with E-state index in [1.54, 1.807) is 37.4 Å². The summed E-state index contributed by atoms with van der Waals surface area (Å²) in [4.78, 5) is 26.1. The lowest BCUT2D eigenvalue weighted by Crippen LogP contribution is -2.32. The summed E-state index contributed by atoms with van der Waals surface area (Å²) in [5.41, 5.74) is 2.03. The fourth-order valence-electron chi connectivity index (χ4n) is 2.55. The van der Waals surface area contributed by atoms with Crippen LogP contribution in [0.5, 0.6) is 0 Å². The lowest BCUT2D eigenvalue weighted by Gasteiger charge is -2.28. The number of benzene rings is 1. The molecule has 5 heteroatoms. The molecule has 1 aromatic rings. The summed E-state index contributed by atoms with van der Waals surface area (Å²) in [5, 5.41) is 0.598. The number of halogens is 1. The first-order chi connectivity index (χ1) is 12.0. The van der Waals surface area contributed by atoms with E-state index >= 15 is 0 Å². The Hall–Kier alpha value is -2.59. The molecule has 1 atom stereocenters. The van der Waals surface area contributed by atoms with Crippen molar-refractivity contribution >= 4 is 23.5 Å². The van der Waals surface area contributed by atoms with Crippen LogP contribution < -0.4 is 0 Å². The van der Waals surface area contributed by atoms with Crippen molar-refractivity contribution in [1.29, 1.82) is 0 Å². The van der Waals surface area contributed by atoms with Crippen molar-refractivity contribution in [2.24, 2.45) is 0 Å². The van der Waals surface area contributed by atoms with Gasteiger partial charge in [-0.05, 0) is 23.3 Å². The van der Waals surface area contributed by atoms with E-state index < -0.39 is 5.97 Å². The second-order valence-electron chi connectivity index (χ2n) is 5.65. The summed E-state index contributed by atoms with van der Waals surface area (Å²) < 4.78 is 5.39. The lowest BCUT2D eigenvalue weighted by atomic mass is 9.86. The first kappa shape index (κ1) is 18.7. The molecule has 0 spiro atoms. The lowest BCUT2D eigenvalue weighted by molar-refractivity contribution is -0.139. The van der Waals surface area contributed by atoms with Crippen LogP contribution in [0.15, 0.2) is 73.0 Å². The average molecular weight is 358 g/mol. The number of hydrogen-bond donors (Lipinski definition) is 0. The molecule has 4 nitrogen and oxygen atoms in total. The third-order valence-electron chi connectivity index (χ3n) is 3.95. The minimum atomic E-state index is -0.462. The predicted molar refractivity (Wildman–Crippen MR) is 99.1 cm³/mol. The molecule has 0 radical (unpaired) electrons. The smallest absolute Gasteiger partial charge is 0.336 e. The molecule has 1 heterocycles. The van der Waals surface area contributed by atoms with Crippen molar-refractivity contribution in [2.75, 3.05) is 13.7 Å². The Balaban J connectivity index is 2.25. The Bertz CT molecular complexity index is 747. The van der Waals surface area contributed by atoms with E-state index in [0.717, 1.165) is 11.1 Å². The second-order valence-corrected chi connectivity index (χ2v) is 6.09. The second kappa shape index (κ2) is 8.49. The molecule has 1 aromatic carbocycles. The number of hydrogen-bond acceptors (Lipinski definition) is 3. The fourth-order valence-corrected chi connectivity index (χ4v) is 2.67. The summed E-state index contributed by atoms with van der Waals surface area (Å²) in [7, 11) is 1.63. The van der Waals surface area contributed by atoms with Gasteiger partial charge in [0.2, 0.25) is 5.91 Å². The molecule has 25 heavy (non-hydrogen) atoms. The van der Waals surface area contributed by atoms with Gasteiger partial charge >= 0.3 is 5.97 Å². The van der Waals surface area contributed by atoms with Crippen LogP contribution in [0, 0.1) is 0 Å². The van der Waals surface area contributed by atoms with Gasteiger partial charge in [0, 0.05) is 30.6 Å². The number of nitrogens with zero attached hydrogens (tertiary/aromatic N) is 1. The van der Waals surface area contributed by atoms with Crippen LogP contribution in [0.2, 0.25) is 5.02 Å². The number of carbonyl (C=O) groups excluding carboxylic acids is 2. The van der Waals surface area contributed by atoms with Crippen molar-refractivity contribution in [3.63, 3.8) is 0 Å². The summed E-state index contributed by atoms with van der Waals surface area (Å²) >= 11 is 5.93. The summed E-state index contributed by atoms with van der Waals surface area (Å²) in [6.07, 6.45) is 6.68. The van der Waals surface area contributed by atoms with E-state index in [-0.39, 0.29) is 24.9 Å². The van der Waals surface area contributed by atoms with Gasteiger partial charge in [-0.1, -0.05) is 55.1 Å². The molecule has 2 rings (SSSR count). The SMILES string of the molecule is C=C/C=C(\C=C)COC(=O)C1=CN(C)C(=O)CC1c1ccc(Cl)cc1. The molecule has 1 aliphatic heterocycles. The summed E-state index contributed by atoms with van der Waals surface area (Å²) in [6, 6.07) is 7.12. The molecule has 1 aliphatic rings. The molecular formula is C20H20ClNO3. The maximum absolute atomic E-state index is 12.6. The quantitative estimate of drug-likeness (QED) is 0.571. The third-order valence-corrected chi connectivity index (χ3v) is 4.20. The number of allylic oxidation sites excluding steroid dienone is 2. The fraction of sp³-hybridized carbons (Fsp3) is 0.200. The zero-order valence-electron chi connectivity index (χ0n) is 14.1. The Morgan fingerprint density at radius 1 is 1.36 bits per heavy atom. The van der Waals surface area contributed by atoms with E-state index in [9.17, 15) is 9.59 Å². The Labute approximate surface area is 152 Å². The van der Waals surface area contributed by atoms with Crippen LogP contribution in [-0.4, -0.2) is 30.4 Å². The first-order valence-corrected chi connectivity index (χ1v) is 8.18. The molecule has 0 aromatic heterocycles. The first-order valence-electron chi connectivity index (χ1n) is 7.80. The van der Waals surface area contributed by atoms with Gasteiger partial charge in [-0.15, -0.1) is 0 Å². The van der Waals surface area contributed by atoms with Gasteiger partial charge in [0.25, 0.3) is 0 Å². The number of esters is 1. The molecule has 1 unspecified atom stereocenters. The highest BCUT2D eigenvalue weighted by atomic mass is 35.5. The number of amides is 1. The molecule has 0 aliphatic carbocycles. The zero-order valence-corrected chi connectivity index (χ0v) is 14.8. The van der Waals surface area contributed by atoms with Gasteiger partial charge in [-0.3, -0.25) is 4.79 Å². The van der Waals surface area contributed by atoms with Crippen molar-refractivity contribution < 1.29 is 14.3 Å². The Morgan fingerprint density at radius 2 is 2.04 bits per heavy atom. The van der Waals surface area contributed by atoms with E-state index in [4.69, 9.17) is 16.3 Å². The normalized spacial score (nSPS) is 17.8. The van der Waals surface area contributed by atoms with Crippen LogP contribution in [0.4, 0.5) is 0 Å². The molecule has 0 N–H and O–H groups in total. The van der Waals surface area contributed by atoms with Crippen molar-refractivity contribution in [3.05, 3.63) is 83.6 Å². The number of carbonyl (C=O) groups is 2. The van der Waals surface area contributed by atoms with Gasteiger partial charge in [-0.25, -0.2) is 4.79 Å². The van der Waals surface area contributed by atoms with Gasteiger partial charge < -0.3 is 9.64 Å². The molecule has 130 valence electrons. The van der Waals surface area contributed by atoms with Crippen LogP contribution >= 0.6 is 11.6 Å². The standard InChI is InChI=1S/C20H20ClNO3/c1-4-6-14(5-2)13-25-20(24)18-12-22(3)19(23)11-17(18)15-7-9-16(21)10-8-15/h4-10,12,17H,1-2,11,13H2,3H3/b14-6+.